The Labute approximate surface area is 295 Å². The molecule has 0 aliphatic rings. The molecule has 0 saturated heterocycles. The number of hydrogen-bond acceptors (Lipinski definition) is 9. The molecule has 12 heteroatoms. The van der Waals surface area contributed by atoms with Gasteiger partial charge in [0, 0.05) is 12.8 Å². The minimum atomic E-state index is -4.72. The van der Waals surface area contributed by atoms with Crippen LogP contribution < -0.4 is 5.73 Å². The smallest absolute Gasteiger partial charge is 0.472 e. The lowest BCUT2D eigenvalue weighted by Crippen LogP contribution is -2.34. The van der Waals surface area contributed by atoms with Gasteiger partial charge in [-0.15, -0.1) is 0 Å². The van der Waals surface area contributed by atoms with E-state index in [0.717, 1.165) is 57.8 Å². The van der Waals surface area contributed by atoms with Crippen molar-refractivity contribution in [3.63, 3.8) is 0 Å². The number of allylic oxidation sites excluding steroid dienone is 8. The zero-order valence-electron chi connectivity index (χ0n) is 30.0. The maximum absolute atomic E-state index is 12.5. The van der Waals surface area contributed by atoms with E-state index < -0.39 is 51.1 Å². The number of carboxylic acid groups (broad SMARTS) is 1. The minimum Gasteiger partial charge on any atom is -0.480 e. The number of nitrogens with two attached hydrogens (primary N) is 1. The van der Waals surface area contributed by atoms with E-state index in [2.05, 4.69) is 67.0 Å². The predicted octanol–water partition coefficient (Wildman–Crippen LogP) is 8.66. The molecule has 11 nitrogen and oxygen atoms in total. The van der Waals surface area contributed by atoms with E-state index >= 15 is 0 Å². The Morgan fingerprint density at radius 2 is 1.14 bits per heavy atom. The third-order valence-electron chi connectivity index (χ3n) is 7.34. The average Bonchev–Trinajstić information content (AvgIpc) is 3.07. The second kappa shape index (κ2) is 32.6. The Balaban J connectivity index is 4.56. The SMILES string of the molecule is CC/C=C/C/C=C/C/C=C/C/C=C/CCCCC(=O)O[C@H](COC(=O)CCCCCCCCCCCC)COP(=O)(O)OC[C@H](N)C(=O)O. The summed E-state index contributed by atoms with van der Waals surface area (Å²) in [6.45, 7) is 2.59. The van der Waals surface area contributed by atoms with Gasteiger partial charge in [0.1, 0.15) is 12.6 Å². The van der Waals surface area contributed by atoms with E-state index in [0.29, 0.717) is 12.8 Å². The molecule has 0 bridgehead atoms. The lowest BCUT2D eigenvalue weighted by atomic mass is 10.1. The van der Waals surface area contributed by atoms with Gasteiger partial charge < -0.3 is 25.2 Å². The first-order chi connectivity index (χ1) is 23.6. The average molecular weight is 714 g/mol. The molecule has 49 heavy (non-hydrogen) atoms. The quantitative estimate of drug-likeness (QED) is 0.0257. The van der Waals surface area contributed by atoms with Gasteiger partial charge in [0.2, 0.25) is 0 Å². The van der Waals surface area contributed by atoms with Crippen molar-refractivity contribution in [1.82, 2.24) is 0 Å². The van der Waals surface area contributed by atoms with Crippen molar-refractivity contribution >= 4 is 25.7 Å². The van der Waals surface area contributed by atoms with Gasteiger partial charge >= 0.3 is 25.7 Å². The number of carbonyl (C=O) groups is 3. The molecule has 0 aromatic carbocycles. The lowest BCUT2D eigenvalue weighted by Gasteiger charge is -2.20. The fraction of sp³-hybridized carbons (Fsp3) is 0.703. The van der Waals surface area contributed by atoms with Gasteiger partial charge in [-0.05, 0) is 51.4 Å². The van der Waals surface area contributed by atoms with E-state index in [-0.39, 0.29) is 19.4 Å². The summed E-state index contributed by atoms with van der Waals surface area (Å²) in [5.41, 5.74) is 5.30. The topological polar surface area (TPSA) is 172 Å². The molecule has 0 aliphatic heterocycles. The van der Waals surface area contributed by atoms with E-state index in [9.17, 15) is 23.8 Å². The summed E-state index contributed by atoms with van der Waals surface area (Å²) in [6.07, 6.45) is 33.4. The van der Waals surface area contributed by atoms with Crippen molar-refractivity contribution in [3.8, 4) is 0 Å². The van der Waals surface area contributed by atoms with Gasteiger partial charge in [-0.1, -0.05) is 120 Å². The van der Waals surface area contributed by atoms with Crippen molar-refractivity contribution in [2.45, 2.75) is 148 Å². The van der Waals surface area contributed by atoms with Crippen LogP contribution in [0.2, 0.25) is 0 Å². The molecule has 0 fully saturated rings. The van der Waals surface area contributed by atoms with Gasteiger partial charge in [-0.25, -0.2) is 4.57 Å². The molecule has 0 aliphatic carbocycles. The molecule has 1 unspecified atom stereocenters. The molecular weight excluding hydrogens is 649 g/mol. The van der Waals surface area contributed by atoms with Crippen LogP contribution in [0, 0.1) is 0 Å². The van der Waals surface area contributed by atoms with Crippen LogP contribution in [-0.2, 0) is 37.5 Å². The highest BCUT2D eigenvalue weighted by Crippen LogP contribution is 2.43. The van der Waals surface area contributed by atoms with Gasteiger partial charge in [-0.2, -0.15) is 0 Å². The van der Waals surface area contributed by atoms with Crippen LogP contribution in [0.1, 0.15) is 136 Å². The van der Waals surface area contributed by atoms with Gasteiger partial charge in [-0.3, -0.25) is 23.4 Å². The number of aliphatic carboxylic acids is 1. The molecule has 0 spiro atoms. The zero-order valence-corrected chi connectivity index (χ0v) is 30.9. The summed E-state index contributed by atoms with van der Waals surface area (Å²) >= 11 is 0. The second-order valence-corrected chi connectivity index (χ2v) is 13.4. The Bertz CT molecular complexity index is 1030. The number of rotatable bonds is 33. The van der Waals surface area contributed by atoms with Crippen LogP contribution in [0.5, 0.6) is 0 Å². The number of ether oxygens (including phenoxy) is 2. The number of carboxylic acids is 1. The summed E-state index contributed by atoms with van der Waals surface area (Å²) in [7, 11) is -4.72. The van der Waals surface area contributed by atoms with Crippen LogP contribution in [0.15, 0.2) is 48.6 Å². The molecule has 0 rings (SSSR count). The molecule has 282 valence electrons. The first-order valence-electron chi connectivity index (χ1n) is 18.2. The maximum atomic E-state index is 12.5. The highest BCUT2D eigenvalue weighted by atomic mass is 31.2. The van der Waals surface area contributed by atoms with Crippen molar-refractivity contribution in [1.29, 1.82) is 0 Å². The number of unbranched alkanes of at least 4 members (excludes halogenated alkanes) is 11. The third kappa shape index (κ3) is 32.4. The predicted molar refractivity (Wildman–Crippen MR) is 194 cm³/mol. The first kappa shape index (κ1) is 46.4. The minimum absolute atomic E-state index is 0.108. The molecule has 4 N–H and O–H groups in total. The molecule has 3 atom stereocenters. The van der Waals surface area contributed by atoms with Crippen LogP contribution in [-0.4, -0.2) is 59.9 Å². The van der Waals surface area contributed by atoms with Gasteiger partial charge in [0.05, 0.1) is 13.2 Å². The number of esters is 2. The lowest BCUT2D eigenvalue weighted by molar-refractivity contribution is -0.161. The summed E-state index contributed by atoms with van der Waals surface area (Å²) in [4.78, 5) is 45.6. The van der Waals surface area contributed by atoms with E-state index in [1.807, 2.05) is 0 Å². The van der Waals surface area contributed by atoms with E-state index in [1.165, 1.54) is 38.5 Å². The molecule has 0 saturated carbocycles. The Morgan fingerprint density at radius 1 is 0.653 bits per heavy atom. The molecule has 0 aromatic heterocycles. The fourth-order valence-electron chi connectivity index (χ4n) is 4.47. The van der Waals surface area contributed by atoms with Gasteiger partial charge in [0.25, 0.3) is 0 Å². The van der Waals surface area contributed by atoms with Crippen molar-refractivity contribution in [2.75, 3.05) is 19.8 Å². The fourth-order valence-corrected chi connectivity index (χ4v) is 5.24. The highest BCUT2D eigenvalue weighted by molar-refractivity contribution is 7.47. The van der Waals surface area contributed by atoms with Crippen molar-refractivity contribution < 1.29 is 47.5 Å². The van der Waals surface area contributed by atoms with E-state index in [4.69, 9.17) is 24.8 Å². The number of carbonyl (C=O) groups excluding carboxylic acids is 2. The largest absolute Gasteiger partial charge is 0.480 e. The third-order valence-corrected chi connectivity index (χ3v) is 8.29. The Hall–Kier alpha value is -2.56. The summed E-state index contributed by atoms with van der Waals surface area (Å²) < 4.78 is 32.4. The summed E-state index contributed by atoms with van der Waals surface area (Å²) in [5.74, 6) is -2.44. The zero-order chi connectivity index (χ0) is 36.4. The number of phosphoric acid groups is 1. The second-order valence-electron chi connectivity index (χ2n) is 12.0. The van der Waals surface area contributed by atoms with Gasteiger partial charge in [0.15, 0.2) is 6.10 Å². The summed E-state index contributed by atoms with van der Waals surface area (Å²) in [6, 6.07) is -1.53. The van der Waals surface area contributed by atoms with E-state index in [1.54, 1.807) is 0 Å². The first-order valence-corrected chi connectivity index (χ1v) is 19.7. The Kier molecular flexibility index (Phi) is 30.9. The number of hydrogen-bond donors (Lipinski definition) is 3. The molecule has 0 radical (unpaired) electrons. The molecular formula is C37H64NO10P. The molecule has 0 amide bonds. The van der Waals surface area contributed by atoms with Crippen molar-refractivity contribution in [3.05, 3.63) is 48.6 Å². The maximum Gasteiger partial charge on any atom is 0.472 e. The Morgan fingerprint density at radius 3 is 1.71 bits per heavy atom. The molecule has 0 aromatic rings. The normalized spacial score (nSPS) is 14.5. The van der Waals surface area contributed by atoms with Crippen LogP contribution >= 0.6 is 7.82 Å². The van der Waals surface area contributed by atoms with Crippen molar-refractivity contribution in [2.24, 2.45) is 5.73 Å². The standard InChI is InChI=1S/C37H64NO10P/c1-3-5-7-9-11-13-15-16-17-18-19-21-23-25-27-29-36(40)48-33(31-46-49(43,44)47-32-34(38)37(41)42)30-45-35(39)28-26-24-22-20-14-12-10-8-6-4-2/h5,7,11,13,16-17,19,21,33-34H,3-4,6,8-10,12,14-15,18,20,22-32,38H2,1-2H3,(H,41,42)(H,43,44)/b7-5+,13-11+,17-16+,21-19+/t33-,34+/m1/s1. The monoisotopic (exact) mass is 713 g/mol. The van der Waals surface area contributed by atoms with Crippen LogP contribution in [0.4, 0.5) is 0 Å². The van der Waals surface area contributed by atoms with Crippen LogP contribution in [0.3, 0.4) is 0 Å². The summed E-state index contributed by atoms with van der Waals surface area (Å²) in [5, 5.41) is 8.84. The number of phosphoric ester groups is 1. The molecule has 0 heterocycles. The van der Waals surface area contributed by atoms with Crippen LogP contribution in [0.25, 0.3) is 0 Å². The highest BCUT2D eigenvalue weighted by Gasteiger charge is 2.28.